The molecule has 1 aliphatic rings. The normalized spacial score (nSPS) is 16.0. The van der Waals surface area contributed by atoms with E-state index in [0.717, 1.165) is 49.6 Å². The molecular formula is C16H25N3O2. The molecule has 1 N–H and O–H groups in total. The van der Waals surface area contributed by atoms with Crippen molar-refractivity contribution < 1.29 is 9.53 Å². The number of likely N-dealkylation sites (N-methyl/N-ethyl adjacent to an activating group) is 1. The van der Waals surface area contributed by atoms with E-state index < -0.39 is 0 Å². The van der Waals surface area contributed by atoms with Gasteiger partial charge in [0.15, 0.2) is 6.61 Å². The van der Waals surface area contributed by atoms with Crippen LogP contribution in [0.25, 0.3) is 0 Å². The average Bonchev–Trinajstić information content (AvgIpc) is 2.47. The second-order valence-corrected chi connectivity index (χ2v) is 5.57. The van der Waals surface area contributed by atoms with Gasteiger partial charge >= 0.3 is 0 Å². The first-order valence-corrected chi connectivity index (χ1v) is 7.44. The maximum Gasteiger partial charge on any atom is 0.260 e. The fourth-order valence-corrected chi connectivity index (χ4v) is 2.53. The molecule has 21 heavy (non-hydrogen) atoms. The molecule has 0 aliphatic carbocycles. The molecule has 1 aromatic rings. The highest BCUT2D eigenvalue weighted by Gasteiger charge is 2.19. The van der Waals surface area contributed by atoms with E-state index in [1.54, 1.807) is 0 Å². The smallest absolute Gasteiger partial charge is 0.260 e. The molecule has 5 heteroatoms. The van der Waals surface area contributed by atoms with Crippen LogP contribution in [0.1, 0.15) is 11.1 Å². The number of para-hydroxylation sites is 1. The standard InChI is InChI=1S/C16H25N3O2/c1-13-5-4-6-14(11-17-2)16(13)21-12-15(20)19-9-7-18(3)8-10-19/h4-6,17H,7-12H2,1-3H3. The number of ether oxygens (including phenoxy) is 1. The Labute approximate surface area is 126 Å². The van der Waals surface area contributed by atoms with E-state index in [1.807, 2.05) is 37.1 Å². The molecule has 5 nitrogen and oxygen atoms in total. The van der Waals surface area contributed by atoms with Gasteiger partial charge in [-0.1, -0.05) is 18.2 Å². The number of hydrogen-bond donors (Lipinski definition) is 1. The summed E-state index contributed by atoms with van der Waals surface area (Å²) in [5, 5.41) is 3.13. The van der Waals surface area contributed by atoms with Crippen molar-refractivity contribution in [1.29, 1.82) is 0 Å². The van der Waals surface area contributed by atoms with Gasteiger partial charge in [0.25, 0.3) is 5.91 Å². The van der Waals surface area contributed by atoms with Crippen molar-refractivity contribution in [3.8, 4) is 5.75 Å². The molecule has 0 saturated carbocycles. The lowest BCUT2D eigenvalue weighted by Gasteiger charge is -2.32. The number of rotatable bonds is 5. The molecule has 1 aromatic carbocycles. The van der Waals surface area contributed by atoms with Crippen LogP contribution in [-0.2, 0) is 11.3 Å². The van der Waals surface area contributed by atoms with Crippen molar-refractivity contribution in [2.45, 2.75) is 13.5 Å². The molecule has 1 heterocycles. The quantitative estimate of drug-likeness (QED) is 0.874. The molecule has 2 rings (SSSR count). The molecule has 1 aliphatic heterocycles. The van der Waals surface area contributed by atoms with Crippen LogP contribution < -0.4 is 10.1 Å². The van der Waals surface area contributed by atoms with Gasteiger partial charge in [-0.15, -0.1) is 0 Å². The number of benzene rings is 1. The summed E-state index contributed by atoms with van der Waals surface area (Å²) in [6.45, 7) is 6.30. The Morgan fingerprint density at radius 2 is 2.00 bits per heavy atom. The van der Waals surface area contributed by atoms with Gasteiger partial charge in [0.05, 0.1) is 0 Å². The number of hydrogen-bond acceptors (Lipinski definition) is 4. The monoisotopic (exact) mass is 291 g/mol. The molecule has 1 amide bonds. The van der Waals surface area contributed by atoms with Crippen LogP contribution in [0.4, 0.5) is 0 Å². The van der Waals surface area contributed by atoms with Crippen molar-refractivity contribution in [2.24, 2.45) is 0 Å². The molecule has 0 aromatic heterocycles. The van der Waals surface area contributed by atoms with Crippen LogP contribution in [0, 0.1) is 6.92 Å². The SMILES string of the molecule is CNCc1cccc(C)c1OCC(=O)N1CCN(C)CC1. The van der Waals surface area contributed by atoms with E-state index in [-0.39, 0.29) is 12.5 Å². The van der Waals surface area contributed by atoms with Gasteiger partial charge in [0.1, 0.15) is 5.75 Å². The Morgan fingerprint density at radius 1 is 1.29 bits per heavy atom. The van der Waals surface area contributed by atoms with Gasteiger partial charge in [0, 0.05) is 38.3 Å². The summed E-state index contributed by atoms with van der Waals surface area (Å²) < 4.78 is 5.82. The lowest BCUT2D eigenvalue weighted by Crippen LogP contribution is -2.48. The Kier molecular flexibility index (Phi) is 5.59. The third-order valence-corrected chi connectivity index (χ3v) is 3.86. The first kappa shape index (κ1) is 15.8. The highest BCUT2D eigenvalue weighted by Crippen LogP contribution is 2.23. The minimum atomic E-state index is 0.0711. The molecular weight excluding hydrogens is 266 g/mol. The van der Waals surface area contributed by atoms with Gasteiger partial charge in [-0.05, 0) is 26.6 Å². The van der Waals surface area contributed by atoms with E-state index in [2.05, 4.69) is 17.3 Å². The van der Waals surface area contributed by atoms with E-state index in [9.17, 15) is 4.79 Å². The number of carbonyl (C=O) groups is 1. The summed E-state index contributed by atoms with van der Waals surface area (Å²) in [5.41, 5.74) is 2.15. The van der Waals surface area contributed by atoms with Crippen molar-refractivity contribution in [2.75, 3.05) is 46.9 Å². The number of nitrogens with one attached hydrogen (secondary N) is 1. The van der Waals surface area contributed by atoms with Crippen molar-refractivity contribution in [3.63, 3.8) is 0 Å². The molecule has 0 radical (unpaired) electrons. The lowest BCUT2D eigenvalue weighted by atomic mass is 10.1. The van der Waals surface area contributed by atoms with E-state index in [0.29, 0.717) is 0 Å². The zero-order valence-corrected chi connectivity index (χ0v) is 13.2. The van der Waals surface area contributed by atoms with Gasteiger partial charge in [-0.25, -0.2) is 0 Å². The first-order valence-electron chi connectivity index (χ1n) is 7.44. The summed E-state index contributed by atoms with van der Waals surface area (Å²) in [6, 6.07) is 6.05. The van der Waals surface area contributed by atoms with Gasteiger partial charge in [-0.3, -0.25) is 4.79 Å². The zero-order chi connectivity index (χ0) is 15.2. The maximum atomic E-state index is 12.2. The average molecular weight is 291 g/mol. The molecule has 0 bridgehead atoms. The summed E-state index contributed by atoms with van der Waals surface area (Å²) in [6.07, 6.45) is 0. The fraction of sp³-hybridized carbons (Fsp3) is 0.562. The molecule has 1 saturated heterocycles. The Balaban J connectivity index is 1.95. The topological polar surface area (TPSA) is 44.8 Å². The van der Waals surface area contributed by atoms with E-state index >= 15 is 0 Å². The molecule has 0 spiro atoms. The summed E-state index contributed by atoms with van der Waals surface area (Å²) in [4.78, 5) is 16.3. The minimum absolute atomic E-state index is 0.0711. The van der Waals surface area contributed by atoms with Crippen LogP contribution in [0.2, 0.25) is 0 Å². The van der Waals surface area contributed by atoms with E-state index in [1.165, 1.54) is 0 Å². The number of piperazine rings is 1. The van der Waals surface area contributed by atoms with Crippen LogP contribution >= 0.6 is 0 Å². The van der Waals surface area contributed by atoms with Gasteiger partial charge < -0.3 is 19.9 Å². The number of aryl methyl sites for hydroxylation is 1. The molecule has 116 valence electrons. The van der Waals surface area contributed by atoms with Gasteiger partial charge in [0.2, 0.25) is 0 Å². The summed E-state index contributed by atoms with van der Waals surface area (Å²) in [7, 11) is 3.98. The number of carbonyl (C=O) groups excluding carboxylic acids is 1. The second kappa shape index (κ2) is 7.43. The van der Waals surface area contributed by atoms with Crippen molar-refractivity contribution in [1.82, 2.24) is 15.1 Å². The summed E-state index contributed by atoms with van der Waals surface area (Å²) >= 11 is 0. The summed E-state index contributed by atoms with van der Waals surface area (Å²) in [5.74, 6) is 0.899. The Bertz CT molecular complexity index is 482. The Morgan fingerprint density at radius 3 is 2.67 bits per heavy atom. The van der Waals surface area contributed by atoms with Crippen LogP contribution in [-0.4, -0.2) is 62.6 Å². The highest BCUT2D eigenvalue weighted by molar-refractivity contribution is 5.78. The third-order valence-electron chi connectivity index (χ3n) is 3.86. The first-order chi connectivity index (χ1) is 10.1. The maximum absolute atomic E-state index is 12.2. The molecule has 1 fully saturated rings. The third kappa shape index (κ3) is 4.19. The predicted octanol–water partition coefficient (Wildman–Crippen LogP) is 0.867. The van der Waals surface area contributed by atoms with Crippen LogP contribution in [0.5, 0.6) is 5.75 Å². The predicted molar refractivity (Wildman–Crippen MR) is 83.5 cm³/mol. The molecule has 0 atom stereocenters. The lowest BCUT2D eigenvalue weighted by molar-refractivity contribution is -0.134. The van der Waals surface area contributed by atoms with E-state index in [4.69, 9.17) is 4.74 Å². The largest absolute Gasteiger partial charge is 0.483 e. The zero-order valence-electron chi connectivity index (χ0n) is 13.2. The fourth-order valence-electron chi connectivity index (χ4n) is 2.53. The van der Waals surface area contributed by atoms with Gasteiger partial charge in [-0.2, -0.15) is 0 Å². The number of amides is 1. The van der Waals surface area contributed by atoms with Crippen LogP contribution in [0.15, 0.2) is 18.2 Å². The second-order valence-electron chi connectivity index (χ2n) is 5.57. The molecule has 0 unspecified atom stereocenters. The van der Waals surface area contributed by atoms with Crippen LogP contribution in [0.3, 0.4) is 0 Å². The van der Waals surface area contributed by atoms with Crippen molar-refractivity contribution in [3.05, 3.63) is 29.3 Å². The minimum Gasteiger partial charge on any atom is -0.483 e. The number of nitrogens with zero attached hydrogens (tertiary/aromatic N) is 2. The highest BCUT2D eigenvalue weighted by atomic mass is 16.5. The Hall–Kier alpha value is -1.59. The van der Waals surface area contributed by atoms with Crippen molar-refractivity contribution >= 4 is 5.91 Å².